The largest absolute Gasteiger partial charge is 0.497 e. The highest BCUT2D eigenvalue weighted by Crippen LogP contribution is 2.34. The fourth-order valence-electron chi connectivity index (χ4n) is 3.82. The summed E-state index contributed by atoms with van der Waals surface area (Å²) in [4.78, 5) is 42.4. The van der Waals surface area contributed by atoms with Crippen LogP contribution in [0, 0.1) is 5.92 Å². The fourth-order valence-corrected chi connectivity index (χ4v) is 3.82. The standard InChI is InChI=1S/C26H29NO8/c1-5-33-25(29)23(26(30)34-6-2)22(20-14-27-21-10-8-7-9-19(20)21)24(28)35-15-16-11-17(31-3)13-18(12-16)32-4/h7-14,22-23,27H,5-6,15H2,1-4H3/t22-/m0/s1. The predicted molar refractivity (Wildman–Crippen MR) is 127 cm³/mol. The van der Waals surface area contributed by atoms with Crippen LogP contribution in [0.2, 0.25) is 0 Å². The molecule has 9 nitrogen and oxygen atoms in total. The lowest BCUT2D eigenvalue weighted by atomic mass is 9.85. The van der Waals surface area contributed by atoms with Crippen LogP contribution in [-0.4, -0.2) is 50.3 Å². The zero-order valence-electron chi connectivity index (χ0n) is 20.2. The molecule has 9 heteroatoms. The SMILES string of the molecule is CCOC(=O)C(C(=O)OCC)[C@@H](C(=O)OCc1cc(OC)cc(OC)c1)c1c[nH]c2ccccc12. The predicted octanol–water partition coefficient (Wildman–Crippen LogP) is 3.75. The second kappa shape index (κ2) is 11.9. The van der Waals surface area contributed by atoms with E-state index < -0.39 is 29.7 Å². The van der Waals surface area contributed by atoms with E-state index in [0.29, 0.717) is 28.0 Å². The summed E-state index contributed by atoms with van der Waals surface area (Å²) in [5.74, 6) is -4.28. The van der Waals surface area contributed by atoms with E-state index in [9.17, 15) is 14.4 Å². The van der Waals surface area contributed by atoms with Gasteiger partial charge in [-0.25, -0.2) is 0 Å². The van der Waals surface area contributed by atoms with Crippen LogP contribution in [0.25, 0.3) is 10.9 Å². The third-order valence-corrected chi connectivity index (χ3v) is 5.42. The maximum atomic E-state index is 13.5. The van der Waals surface area contributed by atoms with Crippen molar-refractivity contribution >= 4 is 28.8 Å². The molecule has 2 aromatic carbocycles. The molecular formula is C26H29NO8. The Morgan fingerprint density at radius 1 is 0.829 bits per heavy atom. The number of hydrogen-bond donors (Lipinski definition) is 1. The average molecular weight is 484 g/mol. The summed E-state index contributed by atoms with van der Waals surface area (Å²) in [6, 6.07) is 12.3. The molecule has 1 heterocycles. The van der Waals surface area contributed by atoms with E-state index in [1.807, 2.05) is 12.1 Å². The van der Waals surface area contributed by atoms with Crippen molar-refractivity contribution in [3.63, 3.8) is 0 Å². The third kappa shape index (κ3) is 5.92. The molecule has 0 bridgehead atoms. The molecule has 3 rings (SSSR count). The molecule has 0 aliphatic heterocycles. The van der Waals surface area contributed by atoms with Gasteiger partial charge in [0.15, 0.2) is 5.92 Å². The number of methoxy groups -OCH3 is 2. The minimum absolute atomic E-state index is 0.0357. The topological polar surface area (TPSA) is 113 Å². The summed E-state index contributed by atoms with van der Waals surface area (Å²) in [6.45, 7) is 3.18. The molecule has 1 aromatic heterocycles. The zero-order chi connectivity index (χ0) is 25.4. The van der Waals surface area contributed by atoms with E-state index >= 15 is 0 Å². The van der Waals surface area contributed by atoms with Crippen LogP contribution in [0.15, 0.2) is 48.7 Å². The first kappa shape index (κ1) is 25.6. The smallest absolute Gasteiger partial charge is 0.321 e. The molecule has 0 saturated carbocycles. The molecule has 0 spiro atoms. The van der Waals surface area contributed by atoms with Crippen molar-refractivity contribution in [2.75, 3.05) is 27.4 Å². The van der Waals surface area contributed by atoms with Gasteiger partial charge in [-0.1, -0.05) is 18.2 Å². The molecule has 35 heavy (non-hydrogen) atoms. The molecule has 0 radical (unpaired) electrons. The van der Waals surface area contributed by atoms with Crippen molar-refractivity contribution in [1.82, 2.24) is 4.98 Å². The second-order valence-corrected chi connectivity index (χ2v) is 7.58. The Morgan fingerprint density at radius 3 is 2.00 bits per heavy atom. The first-order valence-corrected chi connectivity index (χ1v) is 11.2. The van der Waals surface area contributed by atoms with E-state index in [1.54, 1.807) is 50.4 Å². The third-order valence-electron chi connectivity index (χ3n) is 5.42. The van der Waals surface area contributed by atoms with Gasteiger partial charge in [0, 0.05) is 23.2 Å². The molecule has 0 amide bonds. The highest BCUT2D eigenvalue weighted by atomic mass is 16.6. The molecule has 1 N–H and O–H groups in total. The Kier molecular flexibility index (Phi) is 8.72. The first-order chi connectivity index (χ1) is 16.9. The number of rotatable bonds is 11. The number of aromatic amines is 1. The summed E-state index contributed by atoms with van der Waals surface area (Å²) in [5, 5.41) is 0.677. The Morgan fingerprint density at radius 2 is 1.43 bits per heavy atom. The number of carbonyl (C=O) groups excluding carboxylic acids is 3. The molecule has 0 unspecified atom stereocenters. The minimum Gasteiger partial charge on any atom is -0.497 e. The maximum absolute atomic E-state index is 13.5. The number of aromatic nitrogens is 1. The molecule has 0 aliphatic rings. The molecule has 0 saturated heterocycles. The van der Waals surface area contributed by atoms with Crippen molar-refractivity contribution in [3.05, 3.63) is 59.8 Å². The number of benzene rings is 2. The van der Waals surface area contributed by atoms with Crippen molar-refractivity contribution in [3.8, 4) is 11.5 Å². The Hall–Kier alpha value is -4.01. The quantitative estimate of drug-likeness (QED) is 0.249. The molecule has 0 aliphatic carbocycles. The number of ether oxygens (including phenoxy) is 5. The van der Waals surface area contributed by atoms with E-state index in [-0.39, 0.29) is 19.8 Å². The lowest BCUT2D eigenvalue weighted by Crippen LogP contribution is -2.37. The lowest BCUT2D eigenvalue weighted by Gasteiger charge is -2.23. The first-order valence-electron chi connectivity index (χ1n) is 11.2. The van der Waals surface area contributed by atoms with E-state index in [1.165, 1.54) is 14.2 Å². The number of H-pyrrole nitrogens is 1. The van der Waals surface area contributed by atoms with Crippen LogP contribution in [0.3, 0.4) is 0 Å². The minimum atomic E-state index is -1.54. The lowest BCUT2D eigenvalue weighted by molar-refractivity contribution is -0.168. The van der Waals surface area contributed by atoms with Crippen molar-refractivity contribution in [2.45, 2.75) is 26.4 Å². The fraction of sp³-hybridized carbons (Fsp3) is 0.346. The van der Waals surface area contributed by atoms with Crippen molar-refractivity contribution in [2.24, 2.45) is 5.92 Å². The Balaban J connectivity index is 2.01. The number of carbonyl (C=O) groups is 3. The van der Waals surface area contributed by atoms with Gasteiger partial charge in [0.05, 0.1) is 27.4 Å². The van der Waals surface area contributed by atoms with Gasteiger partial charge in [-0.15, -0.1) is 0 Å². The molecule has 186 valence electrons. The summed E-state index contributed by atoms with van der Waals surface area (Å²) in [7, 11) is 3.03. The number of hydrogen-bond acceptors (Lipinski definition) is 8. The van der Waals surface area contributed by atoms with E-state index in [4.69, 9.17) is 23.7 Å². The number of nitrogens with one attached hydrogen (secondary N) is 1. The van der Waals surface area contributed by atoms with Gasteiger partial charge in [-0.2, -0.15) is 0 Å². The summed E-state index contributed by atoms with van der Waals surface area (Å²) >= 11 is 0. The second-order valence-electron chi connectivity index (χ2n) is 7.58. The van der Waals surface area contributed by atoms with E-state index in [0.717, 1.165) is 5.52 Å². The summed E-state index contributed by atoms with van der Waals surface area (Å²) in [5.41, 5.74) is 1.78. The zero-order valence-corrected chi connectivity index (χ0v) is 20.2. The van der Waals surface area contributed by atoms with Crippen molar-refractivity contribution in [1.29, 1.82) is 0 Å². The number of para-hydroxylation sites is 1. The Bertz CT molecular complexity index is 1140. The number of fused-ring (bicyclic) bond motifs is 1. The highest BCUT2D eigenvalue weighted by Gasteiger charge is 2.44. The van der Waals surface area contributed by atoms with Crippen LogP contribution in [0.5, 0.6) is 11.5 Å². The average Bonchev–Trinajstić information content (AvgIpc) is 3.29. The molecule has 0 fully saturated rings. The van der Waals surface area contributed by atoms with E-state index in [2.05, 4.69) is 4.98 Å². The highest BCUT2D eigenvalue weighted by molar-refractivity contribution is 6.03. The van der Waals surface area contributed by atoms with Gasteiger partial charge in [0.2, 0.25) is 0 Å². The van der Waals surface area contributed by atoms with Gasteiger partial charge >= 0.3 is 17.9 Å². The molecule has 3 aromatic rings. The summed E-state index contributed by atoms with van der Waals surface area (Å²) in [6.07, 6.45) is 1.59. The number of esters is 3. The van der Waals surface area contributed by atoms with Crippen LogP contribution in [0.4, 0.5) is 0 Å². The summed E-state index contributed by atoms with van der Waals surface area (Å²) < 4.78 is 26.4. The van der Waals surface area contributed by atoms with Crippen LogP contribution in [-0.2, 0) is 35.2 Å². The van der Waals surface area contributed by atoms with Crippen molar-refractivity contribution < 1.29 is 38.1 Å². The Labute approximate surface area is 203 Å². The van der Waals surface area contributed by atoms with Gasteiger partial charge in [0.25, 0.3) is 0 Å². The molecular weight excluding hydrogens is 454 g/mol. The van der Waals surface area contributed by atoms with Crippen LogP contribution in [0.1, 0.15) is 30.9 Å². The van der Waals surface area contributed by atoms with Gasteiger partial charge in [-0.05, 0) is 43.2 Å². The van der Waals surface area contributed by atoms with Gasteiger partial charge in [0.1, 0.15) is 24.0 Å². The van der Waals surface area contributed by atoms with Gasteiger partial charge in [-0.3, -0.25) is 14.4 Å². The monoisotopic (exact) mass is 483 g/mol. The molecule has 1 atom stereocenters. The van der Waals surface area contributed by atoms with Gasteiger partial charge < -0.3 is 28.7 Å². The van der Waals surface area contributed by atoms with Crippen LogP contribution >= 0.6 is 0 Å². The maximum Gasteiger partial charge on any atom is 0.321 e. The van der Waals surface area contributed by atoms with Crippen LogP contribution < -0.4 is 9.47 Å². The normalized spacial score (nSPS) is 11.7.